The first-order chi connectivity index (χ1) is 13.5. The molecular weight excluding hydrogens is 358 g/mol. The van der Waals surface area contributed by atoms with E-state index >= 15 is 0 Å². The molecule has 1 aliphatic heterocycles. The zero-order valence-corrected chi connectivity index (χ0v) is 15.1. The summed E-state index contributed by atoms with van der Waals surface area (Å²) < 4.78 is 5.07. The van der Waals surface area contributed by atoms with Crippen molar-refractivity contribution < 1.29 is 19.1 Å². The number of nitriles is 1. The maximum Gasteiger partial charge on any atom is 0.311 e. The predicted octanol–water partition coefficient (Wildman–Crippen LogP) is 2.09. The lowest BCUT2D eigenvalue weighted by molar-refractivity contribution is -0.151. The Balaban J connectivity index is 1.47. The van der Waals surface area contributed by atoms with Crippen LogP contribution in [0.4, 0.5) is 5.69 Å². The molecule has 3 rings (SSSR count). The molecule has 0 spiro atoms. The maximum atomic E-state index is 12.2. The molecule has 0 bridgehead atoms. The predicted molar refractivity (Wildman–Crippen MR) is 101 cm³/mol. The van der Waals surface area contributed by atoms with Crippen LogP contribution >= 0.6 is 0 Å². The molecule has 0 unspecified atom stereocenters. The van der Waals surface area contributed by atoms with Crippen LogP contribution in [0.25, 0.3) is 0 Å². The summed E-state index contributed by atoms with van der Waals surface area (Å²) >= 11 is 0. The van der Waals surface area contributed by atoms with Gasteiger partial charge in [-0.05, 0) is 23.8 Å². The number of hydrogen-bond donors (Lipinski definition) is 1. The van der Waals surface area contributed by atoms with Gasteiger partial charge in [0.1, 0.15) is 0 Å². The molecule has 0 aliphatic carbocycles. The number of carbonyl (C=O) groups is 3. The Kier molecular flexibility index (Phi) is 6.02. The van der Waals surface area contributed by atoms with Gasteiger partial charge in [0.05, 0.1) is 17.6 Å². The van der Waals surface area contributed by atoms with Crippen LogP contribution in [0.1, 0.15) is 17.5 Å². The van der Waals surface area contributed by atoms with Crippen LogP contribution in [0.3, 0.4) is 0 Å². The van der Waals surface area contributed by atoms with Crippen molar-refractivity contribution in [2.24, 2.45) is 5.92 Å². The fourth-order valence-corrected chi connectivity index (χ4v) is 3.00. The second kappa shape index (κ2) is 8.82. The number of likely N-dealkylation sites (tertiary alicyclic amines) is 1. The summed E-state index contributed by atoms with van der Waals surface area (Å²) in [5.74, 6) is -1.76. The highest BCUT2D eigenvalue weighted by Crippen LogP contribution is 2.21. The molecule has 142 valence electrons. The van der Waals surface area contributed by atoms with Crippen molar-refractivity contribution in [1.29, 1.82) is 5.26 Å². The molecule has 0 saturated carbocycles. The number of esters is 1. The summed E-state index contributed by atoms with van der Waals surface area (Å²) in [7, 11) is 0. The van der Waals surface area contributed by atoms with Gasteiger partial charge in [-0.2, -0.15) is 5.26 Å². The zero-order chi connectivity index (χ0) is 19.9. The van der Waals surface area contributed by atoms with Crippen molar-refractivity contribution in [2.45, 2.75) is 13.0 Å². The van der Waals surface area contributed by atoms with E-state index < -0.39 is 24.4 Å². The Morgan fingerprint density at radius 2 is 1.96 bits per heavy atom. The highest BCUT2D eigenvalue weighted by atomic mass is 16.5. The van der Waals surface area contributed by atoms with Crippen molar-refractivity contribution in [3.63, 3.8) is 0 Å². The van der Waals surface area contributed by atoms with E-state index in [0.717, 1.165) is 5.56 Å². The van der Waals surface area contributed by atoms with Crippen LogP contribution in [0, 0.1) is 17.2 Å². The van der Waals surface area contributed by atoms with E-state index in [1.54, 1.807) is 23.1 Å². The first kappa shape index (κ1) is 19.1. The van der Waals surface area contributed by atoms with E-state index in [9.17, 15) is 14.4 Å². The number of ether oxygens (including phenoxy) is 1. The Bertz CT molecular complexity index is 921. The van der Waals surface area contributed by atoms with Crippen molar-refractivity contribution in [3.05, 3.63) is 65.7 Å². The van der Waals surface area contributed by atoms with Crippen LogP contribution < -0.4 is 5.32 Å². The third-order valence-electron chi connectivity index (χ3n) is 4.39. The minimum absolute atomic E-state index is 0.0809. The summed E-state index contributed by atoms with van der Waals surface area (Å²) in [5, 5.41) is 11.4. The van der Waals surface area contributed by atoms with E-state index in [1.165, 1.54) is 6.07 Å². The topological polar surface area (TPSA) is 99.5 Å². The van der Waals surface area contributed by atoms with E-state index in [4.69, 9.17) is 10.00 Å². The molecule has 2 amide bonds. The average molecular weight is 377 g/mol. The zero-order valence-electron chi connectivity index (χ0n) is 15.1. The molecule has 1 heterocycles. The molecule has 1 saturated heterocycles. The molecule has 1 fully saturated rings. The van der Waals surface area contributed by atoms with E-state index in [-0.39, 0.29) is 18.9 Å². The minimum atomic E-state index is -0.578. The Morgan fingerprint density at radius 3 is 2.71 bits per heavy atom. The number of benzene rings is 2. The van der Waals surface area contributed by atoms with Gasteiger partial charge in [-0.15, -0.1) is 0 Å². The van der Waals surface area contributed by atoms with Gasteiger partial charge < -0.3 is 15.0 Å². The second-order valence-electron chi connectivity index (χ2n) is 6.51. The van der Waals surface area contributed by atoms with Gasteiger partial charge >= 0.3 is 5.97 Å². The quantitative estimate of drug-likeness (QED) is 0.777. The normalized spacial score (nSPS) is 15.8. The number of hydrogen-bond acceptors (Lipinski definition) is 5. The summed E-state index contributed by atoms with van der Waals surface area (Å²) in [6.45, 7) is 0.274. The summed E-state index contributed by atoms with van der Waals surface area (Å²) in [6.07, 6.45) is 0.0809. The lowest BCUT2D eigenvalue weighted by Crippen LogP contribution is -2.28. The molecule has 1 N–H and O–H groups in total. The number of carbonyl (C=O) groups excluding carboxylic acids is 3. The molecule has 0 aromatic heterocycles. The molecule has 1 atom stereocenters. The lowest BCUT2D eigenvalue weighted by Gasteiger charge is -2.16. The van der Waals surface area contributed by atoms with E-state index in [2.05, 4.69) is 5.32 Å². The van der Waals surface area contributed by atoms with Gasteiger partial charge in [0.2, 0.25) is 5.91 Å². The van der Waals surface area contributed by atoms with Gasteiger partial charge in [0.25, 0.3) is 5.91 Å². The van der Waals surface area contributed by atoms with Gasteiger partial charge in [-0.3, -0.25) is 14.4 Å². The molecule has 7 heteroatoms. The van der Waals surface area contributed by atoms with Crippen molar-refractivity contribution in [2.75, 3.05) is 18.5 Å². The van der Waals surface area contributed by atoms with Gasteiger partial charge in [-0.25, -0.2) is 0 Å². The smallest absolute Gasteiger partial charge is 0.311 e. The molecule has 0 radical (unpaired) electrons. The fourth-order valence-electron chi connectivity index (χ4n) is 3.00. The molecule has 7 nitrogen and oxygen atoms in total. The Hall–Kier alpha value is -3.66. The van der Waals surface area contributed by atoms with Crippen LogP contribution in [-0.2, 0) is 25.7 Å². The number of amides is 2. The monoisotopic (exact) mass is 377 g/mol. The van der Waals surface area contributed by atoms with Crippen LogP contribution in [0.2, 0.25) is 0 Å². The second-order valence-corrected chi connectivity index (χ2v) is 6.51. The van der Waals surface area contributed by atoms with Crippen molar-refractivity contribution >= 4 is 23.5 Å². The molecular formula is C21H19N3O4. The molecule has 28 heavy (non-hydrogen) atoms. The maximum absolute atomic E-state index is 12.2. The number of anilines is 1. The Labute approximate surface area is 162 Å². The van der Waals surface area contributed by atoms with Crippen LogP contribution in [0.5, 0.6) is 0 Å². The number of rotatable bonds is 6. The minimum Gasteiger partial charge on any atom is -0.455 e. The highest BCUT2D eigenvalue weighted by Gasteiger charge is 2.35. The lowest BCUT2D eigenvalue weighted by atomic mass is 10.1. The first-order valence-corrected chi connectivity index (χ1v) is 8.83. The fraction of sp³-hybridized carbons (Fsp3) is 0.238. The SMILES string of the molecule is N#Cc1cccc(NC(=O)COC(=O)[C@H]2CC(=O)N(Cc3ccccc3)C2)c1. The van der Waals surface area contributed by atoms with Crippen LogP contribution in [-0.4, -0.2) is 35.8 Å². The first-order valence-electron chi connectivity index (χ1n) is 8.83. The third kappa shape index (κ3) is 4.95. The number of nitrogens with one attached hydrogen (secondary N) is 1. The largest absolute Gasteiger partial charge is 0.455 e. The van der Waals surface area contributed by atoms with Crippen LogP contribution in [0.15, 0.2) is 54.6 Å². The highest BCUT2D eigenvalue weighted by molar-refractivity contribution is 5.93. The number of nitrogens with zero attached hydrogens (tertiary/aromatic N) is 2. The van der Waals surface area contributed by atoms with Gasteiger partial charge in [0.15, 0.2) is 6.61 Å². The van der Waals surface area contributed by atoms with Gasteiger partial charge in [0, 0.05) is 25.2 Å². The molecule has 1 aliphatic rings. The summed E-state index contributed by atoms with van der Waals surface area (Å²) in [5.41, 5.74) is 1.85. The molecule has 2 aromatic carbocycles. The molecule has 2 aromatic rings. The van der Waals surface area contributed by atoms with Gasteiger partial charge in [-0.1, -0.05) is 36.4 Å². The van der Waals surface area contributed by atoms with Crippen molar-refractivity contribution in [3.8, 4) is 6.07 Å². The third-order valence-corrected chi connectivity index (χ3v) is 4.39. The Morgan fingerprint density at radius 1 is 1.18 bits per heavy atom. The van der Waals surface area contributed by atoms with E-state index in [1.807, 2.05) is 36.4 Å². The standard InChI is InChI=1S/C21H19N3O4/c22-11-16-7-4-8-18(9-16)23-19(25)14-28-21(27)17-10-20(26)24(13-17)12-15-5-2-1-3-6-15/h1-9,17H,10,12-14H2,(H,23,25)/t17-/m0/s1. The summed E-state index contributed by atoms with van der Waals surface area (Å²) in [6, 6.07) is 17.9. The average Bonchev–Trinajstić information content (AvgIpc) is 3.07. The van der Waals surface area contributed by atoms with Crippen molar-refractivity contribution in [1.82, 2.24) is 4.90 Å². The summed E-state index contributed by atoms with van der Waals surface area (Å²) in [4.78, 5) is 37.9. The van der Waals surface area contributed by atoms with E-state index in [0.29, 0.717) is 17.8 Å².